The van der Waals surface area contributed by atoms with Crippen LogP contribution in [0.25, 0.3) is 0 Å². The lowest BCUT2D eigenvalue weighted by molar-refractivity contribution is -0.130. The summed E-state index contributed by atoms with van der Waals surface area (Å²) in [5.41, 5.74) is 1.88. The van der Waals surface area contributed by atoms with Crippen LogP contribution in [0.3, 0.4) is 0 Å². The lowest BCUT2D eigenvalue weighted by Gasteiger charge is -2.17. The molecule has 0 saturated heterocycles. The molecule has 0 fully saturated rings. The molecule has 0 saturated carbocycles. The number of halogens is 1. The number of carbonyl (C=O) groups excluding carboxylic acids is 2. The number of phenolic OH excluding ortho intramolecular Hbond substituents is 1. The van der Waals surface area contributed by atoms with Crippen molar-refractivity contribution in [2.45, 2.75) is 72.8 Å². The number of carbonyl (C=O) groups is 2. The predicted octanol–water partition coefficient (Wildman–Crippen LogP) is 6.37. The zero-order chi connectivity index (χ0) is 25.1. The topological polar surface area (TPSA) is 69.6 Å². The molecule has 0 unspecified atom stereocenters. The van der Waals surface area contributed by atoms with Gasteiger partial charge in [0.2, 0.25) is 11.8 Å². The fourth-order valence-electron chi connectivity index (χ4n) is 2.85. The molecule has 6 heteroatoms. The third-order valence-electron chi connectivity index (χ3n) is 4.45. The highest BCUT2D eigenvalue weighted by molar-refractivity contribution is 6.32. The van der Waals surface area contributed by atoms with Gasteiger partial charge in [0.1, 0.15) is 5.75 Å². The highest BCUT2D eigenvalue weighted by atomic mass is 35.5. The number of hydrogen-bond acceptors (Lipinski definition) is 3. The van der Waals surface area contributed by atoms with E-state index in [9.17, 15) is 14.7 Å². The van der Waals surface area contributed by atoms with Gasteiger partial charge in [0.25, 0.3) is 0 Å². The molecule has 0 heterocycles. The Bertz CT molecular complexity index is 797. The fourth-order valence-corrected chi connectivity index (χ4v) is 3.05. The standard InChI is InChI=1S/C22H27ClN2O3.C3H8.C2H6/c1-25(16-17-8-4-2-5-9-17)22(28)10-6-3-7-13-24-21(27)15-18-11-12-20(26)19(23)14-18;1-3-2;1-2/h2,4-5,8-9,11-12,14,26H,3,6-7,10,13,15-16H2,1H3,(H,24,27);3H2,1-2H3;1-2H3. The van der Waals surface area contributed by atoms with Crippen LogP contribution in [0.5, 0.6) is 5.75 Å². The maximum atomic E-state index is 12.2. The predicted molar refractivity (Wildman–Crippen MR) is 139 cm³/mol. The number of nitrogens with one attached hydrogen (secondary N) is 1. The molecule has 0 aliphatic rings. The number of rotatable bonds is 10. The van der Waals surface area contributed by atoms with Crippen LogP contribution in [0.4, 0.5) is 0 Å². The molecule has 0 aromatic heterocycles. The molecular weight excluding hydrogens is 436 g/mol. The number of phenols is 1. The SMILES string of the molecule is CC.CCC.CN(Cc1ccccc1)C(=O)CCCCCNC(=O)Cc1ccc(O)c(Cl)c1. The van der Waals surface area contributed by atoms with Crippen molar-refractivity contribution in [3.8, 4) is 5.75 Å². The average molecular weight is 477 g/mol. The molecule has 2 aromatic carbocycles. The summed E-state index contributed by atoms with van der Waals surface area (Å²) >= 11 is 5.84. The molecule has 2 amide bonds. The van der Waals surface area contributed by atoms with Gasteiger partial charge in [-0.05, 0) is 36.1 Å². The van der Waals surface area contributed by atoms with Crippen LogP contribution in [-0.2, 0) is 22.6 Å². The van der Waals surface area contributed by atoms with Gasteiger partial charge >= 0.3 is 0 Å². The van der Waals surface area contributed by atoms with Crippen molar-refractivity contribution >= 4 is 23.4 Å². The molecule has 0 aliphatic carbocycles. The number of benzene rings is 2. The monoisotopic (exact) mass is 476 g/mol. The molecule has 0 bridgehead atoms. The van der Waals surface area contributed by atoms with E-state index in [0.717, 1.165) is 30.4 Å². The minimum atomic E-state index is -0.0829. The number of hydrogen-bond donors (Lipinski definition) is 2. The van der Waals surface area contributed by atoms with Crippen LogP contribution in [-0.4, -0.2) is 35.4 Å². The van der Waals surface area contributed by atoms with Crippen LogP contribution < -0.4 is 5.32 Å². The third-order valence-corrected chi connectivity index (χ3v) is 4.76. The summed E-state index contributed by atoms with van der Waals surface area (Å²) in [6.45, 7) is 9.45. The molecule has 2 aromatic rings. The highest BCUT2D eigenvalue weighted by Crippen LogP contribution is 2.23. The van der Waals surface area contributed by atoms with E-state index in [2.05, 4.69) is 19.2 Å². The zero-order valence-corrected chi connectivity index (χ0v) is 21.6. The number of aromatic hydroxyl groups is 1. The highest BCUT2D eigenvalue weighted by Gasteiger charge is 2.09. The van der Waals surface area contributed by atoms with Crippen molar-refractivity contribution < 1.29 is 14.7 Å². The van der Waals surface area contributed by atoms with Crippen molar-refractivity contribution in [1.29, 1.82) is 0 Å². The van der Waals surface area contributed by atoms with Gasteiger partial charge in [-0.25, -0.2) is 0 Å². The van der Waals surface area contributed by atoms with E-state index in [1.165, 1.54) is 12.5 Å². The molecule has 0 aliphatic heterocycles. The first kappa shape index (κ1) is 30.5. The Morgan fingerprint density at radius 3 is 2.21 bits per heavy atom. The first-order valence-corrected chi connectivity index (χ1v) is 12.3. The minimum absolute atomic E-state index is 0.00906. The number of nitrogens with zero attached hydrogens (tertiary/aromatic N) is 1. The van der Waals surface area contributed by atoms with E-state index in [-0.39, 0.29) is 29.0 Å². The van der Waals surface area contributed by atoms with Gasteiger partial charge in [-0.1, -0.05) is 88.5 Å². The summed E-state index contributed by atoms with van der Waals surface area (Å²) in [6, 6.07) is 14.7. The second-order valence-electron chi connectivity index (χ2n) is 7.57. The third kappa shape index (κ3) is 14.3. The maximum absolute atomic E-state index is 12.2. The second kappa shape index (κ2) is 19.0. The summed E-state index contributed by atoms with van der Waals surface area (Å²) in [7, 11) is 1.82. The van der Waals surface area contributed by atoms with Crippen molar-refractivity contribution in [2.75, 3.05) is 13.6 Å². The van der Waals surface area contributed by atoms with Crippen molar-refractivity contribution in [1.82, 2.24) is 10.2 Å². The van der Waals surface area contributed by atoms with Gasteiger partial charge in [-0.2, -0.15) is 0 Å². The van der Waals surface area contributed by atoms with Gasteiger partial charge in [0, 0.05) is 26.6 Å². The van der Waals surface area contributed by atoms with E-state index in [4.69, 9.17) is 11.6 Å². The molecular formula is C27H41ClN2O3. The molecule has 0 atom stereocenters. The maximum Gasteiger partial charge on any atom is 0.224 e. The summed E-state index contributed by atoms with van der Waals surface area (Å²) < 4.78 is 0. The van der Waals surface area contributed by atoms with Crippen LogP contribution in [0, 0.1) is 0 Å². The van der Waals surface area contributed by atoms with Crippen molar-refractivity contribution in [2.24, 2.45) is 0 Å². The fraction of sp³-hybridized carbons (Fsp3) is 0.481. The first-order chi connectivity index (χ1) is 15.9. The molecule has 33 heavy (non-hydrogen) atoms. The normalized spacial score (nSPS) is 9.64. The minimum Gasteiger partial charge on any atom is -0.506 e. The molecule has 2 N–H and O–H groups in total. The molecule has 0 spiro atoms. The van der Waals surface area contributed by atoms with Crippen LogP contribution in [0.15, 0.2) is 48.5 Å². The van der Waals surface area contributed by atoms with E-state index >= 15 is 0 Å². The van der Waals surface area contributed by atoms with Crippen molar-refractivity contribution in [3.63, 3.8) is 0 Å². The quantitative estimate of drug-likeness (QED) is 0.391. The van der Waals surface area contributed by atoms with E-state index in [1.54, 1.807) is 17.0 Å². The Morgan fingerprint density at radius 2 is 1.61 bits per heavy atom. The molecule has 5 nitrogen and oxygen atoms in total. The van der Waals surface area contributed by atoms with E-state index < -0.39 is 0 Å². The number of amides is 2. The van der Waals surface area contributed by atoms with Gasteiger partial charge in [0.15, 0.2) is 0 Å². The van der Waals surface area contributed by atoms with Crippen LogP contribution in [0.2, 0.25) is 5.02 Å². The molecule has 0 radical (unpaired) electrons. The van der Waals surface area contributed by atoms with Gasteiger partial charge in [0.05, 0.1) is 11.4 Å². The average Bonchev–Trinajstić information content (AvgIpc) is 2.81. The van der Waals surface area contributed by atoms with E-state index in [0.29, 0.717) is 19.5 Å². The van der Waals surface area contributed by atoms with Crippen LogP contribution >= 0.6 is 11.6 Å². The lowest BCUT2D eigenvalue weighted by atomic mass is 10.1. The van der Waals surface area contributed by atoms with E-state index in [1.807, 2.05) is 51.2 Å². The Hall–Kier alpha value is -2.53. The van der Waals surface area contributed by atoms with Crippen LogP contribution in [0.1, 0.15) is 70.9 Å². The summed E-state index contributed by atoms with van der Waals surface area (Å²) in [5.74, 6) is 0.0623. The van der Waals surface area contributed by atoms with Gasteiger partial charge in [-0.15, -0.1) is 0 Å². The summed E-state index contributed by atoms with van der Waals surface area (Å²) in [4.78, 5) is 25.9. The largest absolute Gasteiger partial charge is 0.506 e. The number of unbranched alkanes of at least 4 members (excludes halogenated alkanes) is 2. The zero-order valence-electron chi connectivity index (χ0n) is 20.9. The summed E-state index contributed by atoms with van der Waals surface area (Å²) in [6.07, 6.45) is 4.52. The lowest BCUT2D eigenvalue weighted by Crippen LogP contribution is -2.27. The Balaban J connectivity index is 0.00000189. The Kier molecular flexibility index (Phi) is 17.5. The van der Waals surface area contributed by atoms with Gasteiger partial charge in [-0.3, -0.25) is 9.59 Å². The van der Waals surface area contributed by atoms with Gasteiger partial charge < -0.3 is 15.3 Å². The summed E-state index contributed by atoms with van der Waals surface area (Å²) in [5, 5.41) is 12.5. The molecule has 2 rings (SSSR count). The Labute approximate surface area is 205 Å². The molecule has 184 valence electrons. The van der Waals surface area contributed by atoms with Crippen molar-refractivity contribution in [3.05, 3.63) is 64.7 Å². The smallest absolute Gasteiger partial charge is 0.224 e. The first-order valence-electron chi connectivity index (χ1n) is 11.9. The Morgan fingerprint density at radius 1 is 0.970 bits per heavy atom. The second-order valence-corrected chi connectivity index (χ2v) is 7.97.